The van der Waals surface area contributed by atoms with E-state index >= 15 is 0 Å². The Bertz CT molecular complexity index is 927. The van der Waals surface area contributed by atoms with Crippen molar-refractivity contribution < 1.29 is 4.74 Å². The number of pyridine rings is 1. The molecule has 7 heteroatoms. The third kappa shape index (κ3) is 3.47. The van der Waals surface area contributed by atoms with Gasteiger partial charge in [0.25, 0.3) is 0 Å². The number of para-hydroxylation sites is 1. The van der Waals surface area contributed by atoms with E-state index in [2.05, 4.69) is 20.3 Å². The van der Waals surface area contributed by atoms with Gasteiger partial charge >= 0.3 is 0 Å². The number of nitrogens with one attached hydrogen (secondary N) is 1. The van der Waals surface area contributed by atoms with Crippen LogP contribution in [0.2, 0.25) is 0 Å². The van der Waals surface area contributed by atoms with Gasteiger partial charge in [0.15, 0.2) is 5.82 Å². The van der Waals surface area contributed by atoms with E-state index in [0.717, 1.165) is 16.9 Å². The summed E-state index contributed by atoms with van der Waals surface area (Å²) in [6, 6.07) is 11.5. The van der Waals surface area contributed by atoms with Crippen molar-refractivity contribution in [1.29, 1.82) is 0 Å². The second-order valence-corrected chi connectivity index (χ2v) is 5.15. The molecule has 120 valence electrons. The molecule has 0 aliphatic carbocycles. The number of rotatable bonds is 5. The summed E-state index contributed by atoms with van der Waals surface area (Å²) in [6.45, 7) is 0. The fraction of sp³-hybridized carbons (Fsp3) is 0.0588. The zero-order chi connectivity index (χ0) is 16.8. The van der Waals surface area contributed by atoms with Gasteiger partial charge in [0.2, 0.25) is 4.77 Å². The molecule has 3 aromatic rings. The summed E-state index contributed by atoms with van der Waals surface area (Å²) in [5.41, 5.74) is 1.85. The zero-order valence-electron chi connectivity index (χ0n) is 13.0. The van der Waals surface area contributed by atoms with Gasteiger partial charge in [-0.15, -0.1) is 0 Å². The second kappa shape index (κ2) is 7.47. The minimum Gasteiger partial charge on any atom is -0.496 e. The Kier molecular flexibility index (Phi) is 4.93. The molecule has 0 aliphatic heterocycles. The van der Waals surface area contributed by atoms with Crippen LogP contribution in [0.15, 0.2) is 60.0 Å². The van der Waals surface area contributed by atoms with Crippen LogP contribution in [-0.4, -0.2) is 33.2 Å². The predicted molar refractivity (Wildman–Crippen MR) is 96.6 cm³/mol. The second-order valence-electron chi connectivity index (χ2n) is 4.77. The maximum atomic E-state index is 5.31. The maximum Gasteiger partial charge on any atom is 0.216 e. The van der Waals surface area contributed by atoms with Crippen LogP contribution in [-0.2, 0) is 0 Å². The fourth-order valence-corrected chi connectivity index (χ4v) is 2.32. The molecule has 2 heterocycles. The van der Waals surface area contributed by atoms with Gasteiger partial charge in [0.05, 0.1) is 7.11 Å². The van der Waals surface area contributed by atoms with Gasteiger partial charge < -0.3 is 4.74 Å². The lowest BCUT2D eigenvalue weighted by molar-refractivity contribution is 0.414. The molecular formula is C17H15N5OS. The van der Waals surface area contributed by atoms with E-state index in [1.807, 2.05) is 48.6 Å². The molecule has 0 bridgehead atoms. The highest BCUT2D eigenvalue weighted by molar-refractivity contribution is 7.71. The number of ether oxygens (including phenoxy) is 1. The molecule has 0 saturated heterocycles. The normalized spacial score (nSPS) is 11.4. The Hall–Kier alpha value is -3.06. The van der Waals surface area contributed by atoms with Gasteiger partial charge in [-0.25, -0.2) is 5.10 Å². The summed E-state index contributed by atoms with van der Waals surface area (Å²) in [6.07, 6.45) is 8.79. The molecule has 0 unspecified atom stereocenters. The van der Waals surface area contributed by atoms with E-state index in [1.54, 1.807) is 30.4 Å². The number of allylic oxidation sites excluding steroid dienone is 1. The summed E-state index contributed by atoms with van der Waals surface area (Å²) in [4.78, 5) is 4.00. The molecule has 0 saturated carbocycles. The SMILES string of the molecule is COc1ccccc1/C=C/C=N\n1c(-c2ccncc2)n[nH]c1=S. The topological polar surface area (TPSA) is 68.1 Å². The van der Waals surface area contributed by atoms with Crippen LogP contribution in [0.5, 0.6) is 5.75 Å². The average molecular weight is 337 g/mol. The van der Waals surface area contributed by atoms with E-state index in [9.17, 15) is 0 Å². The Balaban J connectivity index is 1.84. The van der Waals surface area contributed by atoms with Gasteiger partial charge in [-0.3, -0.25) is 4.98 Å². The first-order chi connectivity index (χ1) is 11.8. The Morgan fingerprint density at radius 3 is 2.79 bits per heavy atom. The zero-order valence-corrected chi connectivity index (χ0v) is 13.8. The monoisotopic (exact) mass is 337 g/mol. The molecule has 0 aliphatic rings. The minimum absolute atomic E-state index is 0.420. The van der Waals surface area contributed by atoms with Crippen molar-refractivity contribution in [2.75, 3.05) is 7.11 Å². The molecular weight excluding hydrogens is 322 g/mol. The fourth-order valence-electron chi connectivity index (χ4n) is 2.14. The molecule has 6 nitrogen and oxygen atoms in total. The first-order valence-electron chi connectivity index (χ1n) is 7.21. The number of nitrogens with zero attached hydrogens (tertiary/aromatic N) is 4. The van der Waals surface area contributed by atoms with Crippen molar-refractivity contribution in [2.45, 2.75) is 0 Å². The van der Waals surface area contributed by atoms with E-state index in [4.69, 9.17) is 17.0 Å². The number of benzene rings is 1. The van der Waals surface area contributed by atoms with Gasteiger partial charge in [0, 0.05) is 29.7 Å². The first kappa shape index (κ1) is 15.8. The third-order valence-electron chi connectivity index (χ3n) is 3.27. The van der Waals surface area contributed by atoms with E-state index in [-0.39, 0.29) is 0 Å². The van der Waals surface area contributed by atoms with E-state index in [1.165, 1.54) is 0 Å². The molecule has 1 N–H and O–H groups in total. The van der Waals surface area contributed by atoms with Crippen LogP contribution in [0.1, 0.15) is 5.56 Å². The van der Waals surface area contributed by atoms with Crippen molar-refractivity contribution in [3.63, 3.8) is 0 Å². The molecule has 0 amide bonds. The minimum atomic E-state index is 0.420. The Labute approximate surface area is 144 Å². The van der Waals surface area contributed by atoms with Crippen LogP contribution in [0.3, 0.4) is 0 Å². The van der Waals surface area contributed by atoms with Crippen molar-refractivity contribution in [3.05, 3.63) is 65.2 Å². The number of aromatic amines is 1. The molecule has 24 heavy (non-hydrogen) atoms. The number of methoxy groups -OCH3 is 1. The number of aromatic nitrogens is 4. The van der Waals surface area contributed by atoms with Gasteiger partial charge in [-0.05, 0) is 42.6 Å². The number of hydrogen-bond donors (Lipinski definition) is 1. The van der Waals surface area contributed by atoms with Crippen molar-refractivity contribution >= 4 is 24.5 Å². The number of H-pyrrole nitrogens is 1. The highest BCUT2D eigenvalue weighted by Crippen LogP contribution is 2.18. The van der Waals surface area contributed by atoms with Crippen LogP contribution < -0.4 is 4.74 Å². The lowest BCUT2D eigenvalue weighted by atomic mass is 10.2. The molecule has 3 rings (SSSR count). The van der Waals surface area contributed by atoms with Crippen molar-refractivity contribution in [2.24, 2.45) is 5.10 Å². The van der Waals surface area contributed by atoms with Crippen LogP contribution in [0.4, 0.5) is 0 Å². The summed E-state index contributed by atoms with van der Waals surface area (Å²) in [5.74, 6) is 1.43. The quantitative estimate of drug-likeness (QED) is 0.571. The molecule has 2 aromatic heterocycles. The first-order valence-corrected chi connectivity index (χ1v) is 7.62. The predicted octanol–water partition coefficient (Wildman–Crippen LogP) is 3.56. The van der Waals surface area contributed by atoms with E-state index in [0.29, 0.717) is 10.6 Å². The van der Waals surface area contributed by atoms with Crippen LogP contribution in [0, 0.1) is 4.77 Å². The maximum absolute atomic E-state index is 5.31. The summed E-state index contributed by atoms with van der Waals surface area (Å²) in [7, 11) is 1.65. The van der Waals surface area contributed by atoms with Gasteiger partial charge in [-0.2, -0.15) is 14.9 Å². The van der Waals surface area contributed by atoms with Crippen molar-refractivity contribution in [1.82, 2.24) is 19.9 Å². The van der Waals surface area contributed by atoms with Gasteiger partial charge in [0.1, 0.15) is 5.75 Å². The molecule has 0 atom stereocenters. The molecule has 1 aromatic carbocycles. The summed E-state index contributed by atoms with van der Waals surface area (Å²) < 4.78 is 7.29. The highest BCUT2D eigenvalue weighted by Gasteiger charge is 2.06. The van der Waals surface area contributed by atoms with Crippen LogP contribution >= 0.6 is 12.2 Å². The number of hydrogen-bond acceptors (Lipinski definition) is 5. The highest BCUT2D eigenvalue weighted by atomic mass is 32.1. The molecule has 0 radical (unpaired) electrons. The lowest BCUT2D eigenvalue weighted by Gasteiger charge is -2.02. The lowest BCUT2D eigenvalue weighted by Crippen LogP contribution is -1.93. The van der Waals surface area contributed by atoms with Crippen molar-refractivity contribution in [3.8, 4) is 17.1 Å². The standard InChI is InChI=1S/C17H15N5OS/c1-23-15-7-3-2-5-13(15)6-4-10-19-22-16(20-21-17(22)24)14-8-11-18-12-9-14/h2-12H,1H3,(H,21,24)/b6-4+,19-10-. The molecule has 0 spiro atoms. The third-order valence-corrected chi connectivity index (χ3v) is 3.54. The Morgan fingerprint density at radius 1 is 1.21 bits per heavy atom. The van der Waals surface area contributed by atoms with Crippen LogP contribution in [0.25, 0.3) is 17.5 Å². The smallest absolute Gasteiger partial charge is 0.216 e. The molecule has 0 fully saturated rings. The van der Waals surface area contributed by atoms with Gasteiger partial charge in [-0.1, -0.05) is 18.2 Å². The summed E-state index contributed by atoms with van der Waals surface area (Å²) in [5, 5.41) is 11.3. The summed E-state index contributed by atoms with van der Waals surface area (Å²) >= 11 is 5.23. The average Bonchev–Trinajstić information content (AvgIpc) is 3.00. The van der Waals surface area contributed by atoms with E-state index < -0.39 is 0 Å². The Morgan fingerprint density at radius 2 is 2.00 bits per heavy atom. The largest absolute Gasteiger partial charge is 0.496 e.